The summed E-state index contributed by atoms with van der Waals surface area (Å²) in [7, 11) is 1.69. The Kier molecular flexibility index (Phi) is 6.08. The number of rotatable bonds is 7. The molecular formula is C21H26N4O2. The zero-order valence-electron chi connectivity index (χ0n) is 16.1. The van der Waals surface area contributed by atoms with Crippen molar-refractivity contribution in [3.05, 3.63) is 59.4 Å². The van der Waals surface area contributed by atoms with Crippen molar-refractivity contribution in [2.45, 2.75) is 26.8 Å². The summed E-state index contributed by atoms with van der Waals surface area (Å²) in [5.41, 5.74) is 5.12. The van der Waals surface area contributed by atoms with E-state index in [-0.39, 0.29) is 6.03 Å². The summed E-state index contributed by atoms with van der Waals surface area (Å²) >= 11 is 0. The maximum Gasteiger partial charge on any atom is 0.319 e. The molecule has 3 rings (SSSR count). The number of nitrogens with one attached hydrogen (secondary N) is 2. The van der Waals surface area contributed by atoms with Gasteiger partial charge in [-0.15, -0.1) is 0 Å². The molecule has 0 saturated carbocycles. The van der Waals surface area contributed by atoms with Crippen molar-refractivity contribution in [2.24, 2.45) is 0 Å². The fourth-order valence-corrected chi connectivity index (χ4v) is 3.10. The Bertz CT molecular complexity index is 933. The Morgan fingerprint density at radius 3 is 2.93 bits per heavy atom. The predicted molar refractivity (Wildman–Crippen MR) is 108 cm³/mol. The summed E-state index contributed by atoms with van der Waals surface area (Å²) in [4.78, 5) is 16.7. The van der Waals surface area contributed by atoms with E-state index in [1.54, 1.807) is 13.3 Å². The normalized spacial score (nSPS) is 10.9. The number of hydrogen-bond acceptors (Lipinski definition) is 3. The average molecular weight is 366 g/mol. The Hall–Kier alpha value is -2.86. The fourth-order valence-electron chi connectivity index (χ4n) is 3.10. The number of anilines is 1. The third-order valence-electron chi connectivity index (χ3n) is 4.57. The van der Waals surface area contributed by atoms with E-state index in [0.29, 0.717) is 13.2 Å². The largest absolute Gasteiger partial charge is 0.383 e. The van der Waals surface area contributed by atoms with Gasteiger partial charge in [0.05, 0.1) is 6.61 Å². The summed E-state index contributed by atoms with van der Waals surface area (Å²) in [5, 5.41) is 6.98. The van der Waals surface area contributed by atoms with Gasteiger partial charge < -0.3 is 19.9 Å². The molecule has 0 saturated heterocycles. The van der Waals surface area contributed by atoms with Gasteiger partial charge in [-0.1, -0.05) is 12.1 Å². The van der Waals surface area contributed by atoms with E-state index in [1.165, 1.54) is 5.56 Å². The molecule has 0 bridgehead atoms. The number of carbonyl (C=O) groups is 1. The monoisotopic (exact) mass is 366 g/mol. The number of amides is 2. The van der Waals surface area contributed by atoms with Gasteiger partial charge in [0.2, 0.25) is 0 Å². The van der Waals surface area contributed by atoms with Gasteiger partial charge in [-0.2, -0.15) is 0 Å². The first-order valence-corrected chi connectivity index (χ1v) is 9.12. The molecular weight excluding hydrogens is 340 g/mol. The van der Waals surface area contributed by atoms with Gasteiger partial charge in [0.1, 0.15) is 5.65 Å². The van der Waals surface area contributed by atoms with Crippen molar-refractivity contribution < 1.29 is 9.53 Å². The fraction of sp³-hybridized carbons (Fsp3) is 0.333. The van der Waals surface area contributed by atoms with Crippen LogP contribution in [-0.4, -0.2) is 35.8 Å². The second-order valence-electron chi connectivity index (χ2n) is 6.66. The standard InChI is InChI=1S/C21H26N4O2/c1-15-6-7-16(2)19(13-15)24-21(26)23-10-8-17-14-25(11-12-27-3)20-18(17)5-4-9-22-20/h4-7,9,13-14H,8,10-12H2,1-3H3,(H2,23,24,26). The van der Waals surface area contributed by atoms with E-state index in [0.717, 1.165) is 40.8 Å². The van der Waals surface area contributed by atoms with Crippen LogP contribution in [-0.2, 0) is 17.7 Å². The number of hydrogen-bond donors (Lipinski definition) is 2. The second-order valence-corrected chi connectivity index (χ2v) is 6.66. The number of nitrogens with zero attached hydrogens (tertiary/aromatic N) is 2. The van der Waals surface area contributed by atoms with Crippen molar-refractivity contribution >= 4 is 22.8 Å². The van der Waals surface area contributed by atoms with Crippen LogP contribution in [0.1, 0.15) is 16.7 Å². The van der Waals surface area contributed by atoms with Crippen molar-refractivity contribution in [1.29, 1.82) is 0 Å². The maximum absolute atomic E-state index is 12.2. The molecule has 0 fully saturated rings. The Labute approximate surface area is 159 Å². The summed E-state index contributed by atoms with van der Waals surface area (Å²) in [6, 6.07) is 9.83. The first-order chi connectivity index (χ1) is 13.1. The van der Waals surface area contributed by atoms with Gasteiger partial charge in [0.25, 0.3) is 0 Å². The number of pyridine rings is 1. The van der Waals surface area contributed by atoms with Crippen LogP contribution in [0.15, 0.2) is 42.7 Å². The molecule has 0 aliphatic carbocycles. The molecule has 1 aromatic carbocycles. The van der Waals surface area contributed by atoms with Crippen molar-refractivity contribution in [3.63, 3.8) is 0 Å². The van der Waals surface area contributed by atoms with E-state index < -0.39 is 0 Å². The van der Waals surface area contributed by atoms with Crippen LogP contribution in [0.2, 0.25) is 0 Å². The first-order valence-electron chi connectivity index (χ1n) is 9.12. The predicted octanol–water partition coefficient (Wildman–Crippen LogP) is 3.66. The zero-order chi connectivity index (χ0) is 19.2. The molecule has 0 radical (unpaired) electrons. The molecule has 2 amide bonds. The number of benzene rings is 1. The highest BCUT2D eigenvalue weighted by atomic mass is 16.5. The zero-order valence-corrected chi connectivity index (χ0v) is 16.1. The molecule has 6 nitrogen and oxygen atoms in total. The quantitative estimate of drug-likeness (QED) is 0.670. The molecule has 142 valence electrons. The maximum atomic E-state index is 12.2. The number of aromatic nitrogens is 2. The van der Waals surface area contributed by atoms with Gasteiger partial charge in [0.15, 0.2) is 0 Å². The van der Waals surface area contributed by atoms with Gasteiger partial charge >= 0.3 is 6.03 Å². The molecule has 6 heteroatoms. The molecule has 0 aliphatic heterocycles. The van der Waals surface area contributed by atoms with Crippen molar-refractivity contribution in [1.82, 2.24) is 14.9 Å². The van der Waals surface area contributed by atoms with Crippen LogP contribution in [0.5, 0.6) is 0 Å². The lowest BCUT2D eigenvalue weighted by Gasteiger charge is -2.10. The highest BCUT2D eigenvalue weighted by Gasteiger charge is 2.10. The van der Waals surface area contributed by atoms with E-state index in [1.807, 2.05) is 38.1 Å². The first kappa shape index (κ1) is 18.9. The summed E-state index contributed by atoms with van der Waals surface area (Å²) in [5.74, 6) is 0. The van der Waals surface area contributed by atoms with Gasteiger partial charge in [-0.3, -0.25) is 0 Å². The Morgan fingerprint density at radius 2 is 2.11 bits per heavy atom. The van der Waals surface area contributed by atoms with Crippen LogP contribution < -0.4 is 10.6 Å². The van der Waals surface area contributed by atoms with Gasteiger partial charge in [0, 0.05) is 43.7 Å². The minimum absolute atomic E-state index is 0.190. The molecule has 27 heavy (non-hydrogen) atoms. The number of fused-ring (bicyclic) bond motifs is 1. The lowest BCUT2D eigenvalue weighted by Crippen LogP contribution is -2.30. The van der Waals surface area contributed by atoms with E-state index >= 15 is 0 Å². The van der Waals surface area contributed by atoms with Crippen LogP contribution in [0.25, 0.3) is 11.0 Å². The minimum Gasteiger partial charge on any atom is -0.383 e. The molecule has 2 aromatic heterocycles. The van der Waals surface area contributed by atoms with Crippen LogP contribution >= 0.6 is 0 Å². The van der Waals surface area contributed by atoms with E-state index in [2.05, 4.69) is 32.4 Å². The molecule has 3 aromatic rings. The summed E-state index contributed by atoms with van der Waals surface area (Å²) in [6.07, 6.45) is 4.63. The molecule has 0 aliphatic rings. The summed E-state index contributed by atoms with van der Waals surface area (Å²) in [6.45, 7) is 5.93. The third-order valence-corrected chi connectivity index (χ3v) is 4.57. The van der Waals surface area contributed by atoms with Crippen molar-refractivity contribution in [3.8, 4) is 0 Å². The number of urea groups is 1. The molecule has 0 spiro atoms. The smallest absolute Gasteiger partial charge is 0.319 e. The number of methoxy groups -OCH3 is 1. The third kappa shape index (κ3) is 4.65. The SMILES string of the molecule is COCCn1cc(CCNC(=O)Nc2cc(C)ccc2C)c2cccnc21. The minimum atomic E-state index is -0.190. The molecule has 2 N–H and O–H groups in total. The highest BCUT2D eigenvalue weighted by Crippen LogP contribution is 2.20. The lowest BCUT2D eigenvalue weighted by atomic mass is 10.1. The highest BCUT2D eigenvalue weighted by molar-refractivity contribution is 5.90. The molecule has 0 atom stereocenters. The summed E-state index contributed by atoms with van der Waals surface area (Å²) < 4.78 is 7.28. The van der Waals surface area contributed by atoms with Gasteiger partial charge in [-0.05, 0) is 55.2 Å². The van der Waals surface area contributed by atoms with Crippen LogP contribution in [0, 0.1) is 13.8 Å². The van der Waals surface area contributed by atoms with E-state index in [4.69, 9.17) is 4.74 Å². The van der Waals surface area contributed by atoms with E-state index in [9.17, 15) is 4.79 Å². The van der Waals surface area contributed by atoms with Gasteiger partial charge in [-0.25, -0.2) is 9.78 Å². The Morgan fingerprint density at radius 1 is 1.26 bits per heavy atom. The number of aryl methyl sites for hydroxylation is 2. The molecule has 2 heterocycles. The van der Waals surface area contributed by atoms with Crippen LogP contribution in [0.3, 0.4) is 0 Å². The topological polar surface area (TPSA) is 68.2 Å². The number of carbonyl (C=O) groups excluding carboxylic acids is 1. The lowest BCUT2D eigenvalue weighted by molar-refractivity contribution is 0.188. The van der Waals surface area contributed by atoms with Crippen LogP contribution in [0.4, 0.5) is 10.5 Å². The molecule has 0 unspecified atom stereocenters. The van der Waals surface area contributed by atoms with Crippen molar-refractivity contribution in [2.75, 3.05) is 25.6 Å². The number of ether oxygens (including phenoxy) is 1. The Balaban J connectivity index is 1.61. The average Bonchev–Trinajstić information content (AvgIpc) is 3.01. The second kappa shape index (κ2) is 8.68.